The highest BCUT2D eigenvalue weighted by atomic mass is 32.2. The Hall–Kier alpha value is -2.60. The van der Waals surface area contributed by atoms with Crippen molar-refractivity contribution in [3.05, 3.63) is 54.6 Å². The number of ether oxygens (including phenoxy) is 1. The fraction of sp³-hybridized carbons (Fsp3) is 0.318. The molecule has 1 saturated carbocycles. The van der Waals surface area contributed by atoms with E-state index in [2.05, 4.69) is 10.2 Å². The molecule has 5 nitrogen and oxygen atoms in total. The van der Waals surface area contributed by atoms with E-state index < -0.39 is 0 Å². The molecular formula is C22H23N3O2S. The van der Waals surface area contributed by atoms with Gasteiger partial charge in [0.25, 0.3) is 0 Å². The predicted octanol–water partition coefficient (Wildman–Crippen LogP) is 4.94. The Bertz CT molecular complexity index is 938. The largest absolute Gasteiger partial charge is 0.494 e. The van der Waals surface area contributed by atoms with E-state index in [0.717, 1.165) is 47.2 Å². The third-order valence-corrected chi connectivity index (χ3v) is 6.08. The number of benzene rings is 2. The van der Waals surface area contributed by atoms with Crippen LogP contribution in [0, 0.1) is 0 Å². The predicted molar refractivity (Wildman–Crippen MR) is 111 cm³/mol. The Balaban J connectivity index is 1.74. The molecule has 0 bridgehead atoms. The number of rotatable bonds is 6. The molecule has 0 aliphatic heterocycles. The highest BCUT2D eigenvalue weighted by Gasteiger charge is 2.27. The standard InChI is InChI=1S/C22H23N3O2S/c1-2-27-18-14-12-17(13-15-18)25-21(16-8-4-3-5-9-16)23-24-22(25)28-20-11-7-6-10-19(20)26/h3-5,8-9,12-15,20H,2,6-7,10-11H2,1H3. The molecule has 28 heavy (non-hydrogen) atoms. The number of hydrogen-bond acceptors (Lipinski definition) is 5. The summed E-state index contributed by atoms with van der Waals surface area (Å²) in [5, 5.41) is 9.62. The molecule has 1 aromatic heterocycles. The Morgan fingerprint density at radius 2 is 1.86 bits per heavy atom. The first-order chi connectivity index (χ1) is 13.8. The fourth-order valence-corrected chi connectivity index (χ4v) is 4.59. The molecule has 1 aliphatic rings. The summed E-state index contributed by atoms with van der Waals surface area (Å²) in [6, 6.07) is 17.9. The van der Waals surface area contributed by atoms with Gasteiger partial charge < -0.3 is 4.74 Å². The first-order valence-corrected chi connectivity index (χ1v) is 10.6. The first-order valence-electron chi connectivity index (χ1n) is 9.69. The second-order valence-corrected chi connectivity index (χ2v) is 7.92. The van der Waals surface area contributed by atoms with Crippen LogP contribution in [0.5, 0.6) is 5.75 Å². The molecule has 3 aromatic rings. The zero-order valence-corrected chi connectivity index (χ0v) is 16.7. The molecule has 0 amide bonds. The molecule has 4 rings (SSSR count). The number of carbonyl (C=O) groups is 1. The normalized spacial score (nSPS) is 16.9. The van der Waals surface area contributed by atoms with Crippen molar-refractivity contribution < 1.29 is 9.53 Å². The molecule has 1 atom stereocenters. The number of thioether (sulfide) groups is 1. The van der Waals surface area contributed by atoms with E-state index in [4.69, 9.17) is 4.74 Å². The van der Waals surface area contributed by atoms with Crippen LogP contribution < -0.4 is 4.74 Å². The van der Waals surface area contributed by atoms with E-state index in [-0.39, 0.29) is 5.25 Å². The average molecular weight is 394 g/mol. The number of ketones is 1. The van der Waals surface area contributed by atoms with E-state index in [0.29, 0.717) is 18.8 Å². The maximum Gasteiger partial charge on any atom is 0.196 e. The van der Waals surface area contributed by atoms with Gasteiger partial charge in [0.2, 0.25) is 0 Å². The highest BCUT2D eigenvalue weighted by molar-refractivity contribution is 8.00. The molecular weight excluding hydrogens is 370 g/mol. The van der Waals surface area contributed by atoms with Gasteiger partial charge >= 0.3 is 0 Å². The summed E-state index contributed by atoms with van der Waals surface area (Å²) in [7, 11) is 0. The maximum atomic E-state index is 12.3. The molecule has 0 N–H and O–H groups in total. The Kier molecular flexibility index (Phi) is 5.76. The molecule has 6 heteroatoms. The summed E-state index contributed by atoms with van der Waals surface area (Å²) in [5.74, 6) is 1.92. The maximum absolute atomic E-state index is 12.3. The van der Waals surface area contributed by atoms with E-state index in [9.17, 15) is 4.79 Å². The summed E-state index contributed by atoms with van der Waals surface area (Å²) in [6.45, 7) is 2.60. The van der Waals surface area contributed by atoms with Crippen molar-refractivity contribution in [2.24, 2.45) is 0 Å². The fourth-order valence-electron chi connectivity index (χ4n) is 3.41. The average Bonchev–Trinajstić information content (AvgIpc) is 3.15. The number of Topliss-reactive ketones (excluding diaryl/α,β-unsaturated/α-hetero) is 1. The molecule has 2 aromatic carbocycles. The number of carbonyl (C=O) groups excluding carboxylic acids is 1. The SMILES string of the molecule is CCOc1ccc(-n2c(SC3CCCCC3=O)nnc2-c2ccccc2)cc1. The van der Waals surface area contributed by atoms with Crippen LogP contribution in [-0.2, 0) is 4.79 Å². The third kappa shape index (κ3) is 3.97. The van der Waals surface area contributed by atoms with Crippen molar-refractivity contribution in [3.8, 4) is 22.8 Å². The van der Waals surface area contributed by atoms with Gasteiger partial charge in [-0.2, -0.15) is 0 Å². The molecule has 144 valence electrons. The van der Waals surface area contributed by atoms with Crippen molar-refractivity contribution in [1.29, 1.82) is 0 Å². The Labute approximate surface area is 169 Å². The van der Waals surface area contributed by atoms with Crippen LogP contribution in [0.1, 0.15) is 32.6 Å². The van der Waals surface area contributed by atoms with Crippen molar-refractivity contribution in [2.45, 2.75) is 43.0 Å². The van der Waals surface area contributed by atoms with Crippen LogP contribution in [0.2, 0.25) is 0 Å². The van der Waals surface area contributed by atoms with Gasteiger partial charge in [-0.3, -0.25) is 9.36 Å². The zero-order chi connectivity index (χ0) is 19.3. The van der Waals surface area contributed by atoms with Gasteiger partial charge in [-0.05, 0) is 44.0 Å². The summed E-state index contributed by atoms with van der Waals surface area (Å²) >= 11 is 1.53. The lowest BCUT2D eigenvalue weighted by molar-refractivity contribution is -0.119. The van der Waals surface area contributed by atoms with E-state index >= 15 is 0 Å². The van der Waals surface area contributed by atoms with Crippen LogP contribution >= 0.6 is 11.8 Å². The Morgan fingerprint density at radius 3 is 2.57 bits per heavy atom. The summed E-state index contributed by atoms with van der Waals surface area (Å²) in [5.41, 5.74) is 1.95. The van der Waals surface area contributed by atoms with Gasteiger partial charge in [-0.15, -0.1) is 10.2 Å². The first kappa shape index (κ1) is 18.7. The molecule has 1 fully saturated rings. The highest BCUT2D eigenvalue weighted by Crippen LogP contribution is 2.34. The minimum absolute atomic E-state index is 0.0389. The van der Waals surface area contributed by atoms with Crippen LogP contribution in [-0.4, -0.2) is 32.4 Å². The van der Waals surface area contributed by atoms with Gasteiger partial charge in [0.15, 0.2) is 11.0 Å². The van der Waals surface area contributed by atoms with E-state index in [1.54, 1.807) is 0 Å². The van der Waals surface area contributed by atoms with E-state index in [1.165, 1.54) is 11.8 Å². The smallest absolute Gasteiger partial charge is 0.196 e. The molecule has 1 unspecified atom stereocenters. The molecule has 0 spiro atoms. The van der Waals surface area contributed by atoms with E-state index in [1.807, 2.05) is 66.1 Å². The van der Waals surface area contributed by atoms with Crippen LogP contribution in [0.4, 0.5) is 0 Å². The minimum atomic E-state index is -0.0389. The van der Waals surface area contributed by atoms with Crippen LogP contribution in [0.15, 0.2) is 59.8 Å². The van der Waals surface area contributed by atoms with Crippen molar-refractivity contribution in [2.75, 3.05) is 6.61 Å². The van der Waals surface area contributed by atoms with Gasteiger partial charge in [0.05, 0.1) is 11.9 Å². The van der Waals surface area contributed by atoms with Gasteiger partial charge in [-0.1, -0.05) is 48.5 Å². The lowest BCUT2D eigenvalue weighted by Crippen LogP contribution is -2.21. The zero-order valence-electron chi connectivity index (χ0n) is 15.9. The van der Waals surface area contributed by atoms with Crippen LogP contribution in [0.25, 0.3) is 17.1 Å². The van der Waals surface area contributed by atoms with Gasteiger partial charge in [0, 0.05) is 17.7 Å². The second kappa shape index (κ2) is 8.61. The molecule has 1 heterocycles. The summed E-state index contributed by atoms with van der Waals surface area (Å²) < 4.78 is 7.61. The molecule has 0 saturated heterocycles. The third-order valence-electron chi connectivity index (χ3n) is 4.82. The Morgan fingerprint density at radius 1 is 1.07 bits per heavy atom. The number of aromatic nitrogens is 3. The lowest BCUT2D eigenvalue weighted by Gasteiger charge is -2.20. The molecule has 1 aliphatic carbocycles. The number of hydrogen-bond donors (Lipinski definition) is 0. The van der Waals surface area contributed by atoms with Crippen molar-refractivity contribution in [1.82, 2.24) is 14.8 Å². The minimum Gasteiger partial charge on any atom is -0.494 e. The second-order valence-electron chi connectivity index (χ2n) is 6.75. The van der Waals surface area contributed by atoms with Crippen molar-refractivity contribution in [3.63, 3.8) is 0 Å². The topological polar surface area (TPSA) is 57.0 Å². The number of nitrogens with zero attached hydrogens (tertiary/aromatic N) is 3. The lowest BCUT2D eigenvalue weighted by atomic mass is 9.99. The quantitative estimate of drug-likeness (QED) is 0.594. The van der Waals surface area contributed by atoms with Crippen LogP contribution in [0.3, 0.4) is 0 Å². The van der Waals surface area contributed by atoms with Gasteiger partial charge in [0.1, 0.15) is 11.5 Å². The monoisotopic (exact) mass is 393 g/mol. The van der Waals surface area contributed by atoms with Gasteiger partial charge in [-0.25, -0.2) is 0 Å². The van der Waals surface area contributed by atoms with Crippen molar-refractivity contribution >= 4 is 17.5 Å². The molecule has 0 radical (unpaired) electrons. The summed E-state index contributed by atoms with van der Waals surface area (Å²) in [6.07, 6.45) is 3.66. The summed E-state index contributed by atoms with van der Waals surface area (Å²) in [4.78, 5) is 12.3.